The average molecular weight is 159 g/mol. The highest BCUT2D eigenvalue weighted by Gasteiger charge is 2.07. The number of nitrogens with zero attached hydrogens (tertiary/aromatic N) is 1. The molecule has 3 N–H and O–H groups in total. The third kappa shape index (κ3) is 1.23. The van der Waals surface area contributed by atoms with Gasteiger partial charge in [0.05, 0.1) is 4.92 Å². The second-order valence-electron chi connectivity index (χ2n) is 1.54. The van der Waals surface area contributed by atoms with Crippen molar-refractivity contribution in [3.8, 4) is 0 Å². The van der Waals surface area contributed by atoms with Gasteiger partial charge in [-0.15, -0.1) is 0 Å². The Balaban J connectivity index is 2.88. The SMILES string of the molecule is NNc1ccc([N+](=O)[O-])s1. The Labute approximate surface area is 60.6 Å². The molecule has 5 nitrogen and oxygen atoms in total. The van der Waals surface area contributed by atoms with Crippen LogP contribution in [0.25, 0.3) is 0 Å². The molecule has 0 saturated heterocycles. The van der Waals surface area contributed by atoms with Crippen LogP contribution in [0, 0.1) is 10.1 Å². The van der Waals surface area contributed by atoms with Gasteiger partial charge >= 0.3 is 5.00 Å². The molecular formula is C4H5N3O2S. The predicted molar refractivity (Wildman–Crippen MR) is 38.8 cm³/mol. The van der Waals surface area contributed by atoms with E-state index < -0.39 is 4.92 Å². The molecule has 1 aromatic heterocycles. The van der Waals surface area contributed by atoms with Crippen molar-refractivity contribution >= 4 is 21.3 Å². The van der Waals surface area contributed by atoms with Gasteiger partial charge in [-0.05, 0) is 17.4 Å². The number of nitrogens with one attached hydrogen (secondary N) is 1. The molecule has 0 fully saturated rings. The van der Waals surface area contributed by atoms with Gasteiger partial charge in [-0.25, -0.2) is 5.84 Å². The van der Waals surface area contributed by atoms with Crippen molar-refractivity contribution in [2.45, 2.75) is 0 Å². The molecule has 0 radical (unpaired) electrons. The zero-order chi connectivity index (χ0) is 7.56. The minimum atomic E-state index is -0.453. The van der Waals surface area contributed by atoms with Crippen molar-refractivity contribution in [2.24, 2.45) is 5.84 Å². The largest absolute Gasteiger partial charge is 0.326 e. The first-order chi connectivity index (χ1) is 4.74. The molecule has 1 rings (SSSR count). The molecule has 1 heterocycles. The number of anilines is 1. The van der Waals surface area contributed by atoms with Crippen LogP contribution < -0.4 is 11.3 Å². The highest BCUT2D eigenvalue weighted by atomic mass is 32.1. The van der Waals surface area contributed by atoms with Gasteiger partial charge in [-0.1, -0.05) is 0 Å². The number of hydrogen-bond donors (Lipinski definition) is 2. The first kappa shape index (κ1) is 6.97. The van der Waals surface area contributed by atoms with E-state index in [9.17, 15) is 10.1 Å². The molecule has 0 aliphatic carbocycles. The molecule has 0 aromatic carbocycles. The summed E-state index contributed by atoms with van der Waals surface area (Å²) in [6.07, 6.45) is 0. The summed E-state index contributed by atoms with van der Waals surface area (Å²) in [6.45, 7) is 0. The second-order valence-corrected chi connectivity index (χ2v) is 2.60. The smallest absolute Gasteiger partial charge is 0.315 e. The fourth-order valence-electron chi connectivity index (χ4n) is 0.503. The Hall–Kier alpha value is -1.14. The normalized spacial score (nSPS) is 9.30. The van der Waals surface area contributed by atoms with Gasteiger partial charge in [0.1, 0.15) is 5.00 Å². The van der Waals surface area contributed by atoms with Crippen LogP contribution >= 0.6 is 11.3 Å². The maximum Gasteiger partial charge on any atom is 0.326 e. The summed E-state index contributed by atoms with van der Waals surface area (Å²) in [6, 6.07) is 2.96. The lowest BCUT2D eigenvalue weighted by atomic mass is 10.6. The van der Waals surface area contributed by atoms with E-state index in [1.165, 1.54) is 6.07 Å². The van der Waals surface area contributed by atoms with E-state index in [2.05, 4.69) is 5.43 Å². The van der Waals surface area contributed by atoms with Crippen molar-refractivity contribution in [3.05, 3.63) is 22.2 Å². The molecule has 0 spiro atoms. The number of hydrazine groups is 1. The Morgan fingerprint density at radius 2 is 2.40 bits per heavy atom. The zero-order valence-corrected chi connectivity index (χ0v) is 5.72. The van der Waals surface area contributed by atoms with Crippen LogP contribution in [-0.2, 0) is 0 Å². The quantitative estimate of drug-likeness (QED) is 0.382. The monoisotopic (exact) mass is 159 g/mol. The number of thiophene rings is 1. The summed E-state index contributed by atoms with van der Waals surface area (Å²) >= 11 is 1.01. The van der Waals surface area contributed by atoms with Gasteiger partial charge in [-0.2, -0.15) is 0 Å². The van der Waals surface area contributed by atoms with E-state index in [-0.39, 0.29) is 5.00 Å². The van der Waals surface area contributed by atoms with E-state index in [0.29, 0.717) is 5.00 Å². The molecule has 6 heteroatoms. The minimum Gasteiger partial charge on any atom is -0.315 e. The van der Waals surface area contributed by atoms with E-state index in [4.69, 9.17) is 5.84 Å². The van der Waals surface area contributed by atoms with Crippen LogP contribution in [-0.4, -0.2) is 4.92 Å². The van der Waals surface area contributed by atoms with E-state index >= 15 is 0 Å². The number of rotatable bonds is 2. The lowest BCUT2D eigenvalue weighted by molar-refractivity contribution is -0.380. The number of hydrogen-bond acceptors (Lipinski definition) is 5. The van der Waals surface area contributed by atoms with Crippen molar-refractivity contribution in [1.82, 2.24) is 0 Å². The van der Waals surface area contributed by atoms with Crippen molar-refractivity contribution < 1.29 is 4.92 Å². The third-order valence-corrected chi connectivity index (χ3v) is 1.88. The van der Waals surface area contributed by atoms with Crippen LogP contribution in [0.5, 0.6) is 0 Å². The summed E-state index contributed by atoms with van der Waals surface area (Å²) in [4.78, 5) is 9.62. The molecule has 0 unspecified atom stereocenters. The van der Waals surface area contributed by atoms with Crippen LogP contribution in [0.15, 0.2) is 12.1 Å². The fourth-order valence-corrected chi connectivity index (χ4v) is 1.13. The molecule has 0 atom stereocenters. The second kappa shape index (κ2) is 2.63. The van der Waals surface area contributed by atoms with Gasteiger partial charge in [0.2, 0.25) is 0 Å². The molecule has 1 aromatic rings. The number of nitro groups is 1. The number of nitrogens with two attached hydrogens (primary N) is 1. The van der Waals surface area contributed by atoms with Gasteiger partial charge in [-0.3, -0.25) is 10.1 Å². The van der Waals surface area contributed by atoms with E-state index in [0.717, 1.165) is 11.3 Å². The third-order valence-electron chi connectivity index (χ3n) is 0.914. The van der Waals surface area contributed by atoms with Crippen molar-refractivity contribution in [2.75, 3.05) is 5.43 Å². The average Bonchev–Trinajstić information content (AvgIpc) is 2.34. The van der Waals surface area contributed by atoms with Crippen LogP contribution in [0.1, 0.15) is 0 Å². The molecule has 0 bridgehead atoms. The van der Waals surface area contributed by atoms with Gasteiger partial charge in [0, 0.05) is 6.07 Å². The van der Waals surface area contributed by atoms with Gasteiger partial charge < -0.3 is 5.43 Å². The lowest BCUT2D eigenvalue weighted by Gasteiger charge is -1.86. The first-order valence-corrected chi connectivity index (χ1v) is 3.26. The fraction of sp³-hybridized carbons (Fsp3) is 0. The molecule has 0 saturated carbocycles. The maximum atomic E-state index is 10.1. The summed E-state index contributed by atoms with van der Waals surface area (Å²) in [5.41, 5.74) is 2.32. The van der Waals surface area contributed by atoms with Crippen molar-refractivity contribution in [1.29, 1.82) is 0 Å². The number of nitrogen functional groups attached to an aromatic ring is 1. The summed E-state index contributed by atoms with van der Waals surface area (Å²) < 4.78 is 0. The predicted octanol–water partition coefficient (Wildman–Crippen LogP) is 0.942. The summed E-state index contributed by atoms with van der Waals surface area (Å²) in [7, 11) is 0. The summed E-state index contributed by atoms with van der Waals surface area (Å²) in [5.74, 6) is 5.00. The lowest BCUT2D eigenvalue weighted by Crippen LogP contribution is -2.03. The molecule has 54 valence electrons. The molecule has 0 aliphatic rings. The van der Waals surface area contributed by atoms with Gasteiger partial charge in [0.25, 0.3) is 0 Å². The highest BCUT2D eigenvalue weighted by molar-refractivity contribution is 7.19. The maximum absolute atomic E-state index is 10.1. The highest BCUT2D eigenvalue weighted by Crippen LogP contribution is 2.26. The van der Waals surface area contributed by atoms with E-state index in [1.54, 1.807) is 6.07 Å². The Kier molecular flexibility index (Phi) is 1.83. The standard InChI is InChI=1S/C4H5N3O2S/c5-6-3-1-2-4(10-3)7(8)9/h1-2,6H,5H2. The van der Waals surface area contributed by atoms with E-state index in [1.807, 2.05) is 0 Å². The minimum absolute atomic E-state index is 0.0907. The Morgan fingerprint density at radius 3 is 2.70 bits per heavy atom. The molecule has 0 aliphatic heterocycles. The Bertz CT molecular complexity index is 246. The van der Waals surface area contributed by atoms with Crippen molar-refractivity contribution in [3.63, 3.8) is 0 Å². The molecular weight excluding hydrogens is 154 g/mol. The van der Waals surface area contributed by atoms with Gasteiger partial charge in [0.15, 0.2) is 0 Å². The van der Waals surface area contributed by atoms with Crippen LogP contribution in [0.4, 0.5) is 10.0 Å². The Morgan fingerprint density at radius 1 is 1.70 bits per heavy atom. The zero-order valence-electron chi connectivity index (χ0n) is 4.90. The first-order valence-electron chi connectivity index (χ1n) is 2.45. The van der Waals surface area contributed by atoms with Crippen LogP contribution in [0.3, 0.4) is 0 Å². The topological polar surface area (TPSA) is 81.2 Å². The summed E-state index contributed by atoms with van der Waals surface area (Å²) in [5, 5.41) is 10.8. The molecule has 0 amide bonds. The molecule has 10 heavy (non-hydrogen) atoms. The van der Waals surface area contributed by atoms with Crippen LogP contribution in [0.2, 0.25) is 0 Å².